The SMILES string of the molecule is COc1ccc(S(=O)(=O)NC2CCCC2SC)cc1N. The van der Waals surface area contributed by atoms with Crippen molar-refractivity contribution in [2.45, 2.75) is 35.4 Å². The van der Waals surface area contributed by atoms with Gasteiger partial charge < -0.3 is 10.5 Å². The van der Waals surface area contributed by atoms with E-state index in [1.165, 1.54) is 19.2 Å². The van der Waals surface area contributed by atoms with Gasteiger partial charge >= 0.3 is 0 Å². The molecule has 5 nitrogen and oxygen atoms in total. The maximum absolute atomic E-state index is 12.4. The fourth-order valence-corrected chi connectivity index (χ4v) is 4.86. The lowest BCUT2D eigenvalue weighted by Gasteiger charge is -2.19. The lowest BCUT2D eigenvalue weighted by molar-refractivity contribution is 0.416. The van der Waals surface area contributed by atoms with Crippen molar-refractivity contribution in [2.24, 2.45) is 0 Å². The van der Waals surface area contributed by atoms with E-state index in [1.54, 1.807) is 17.8 Å². The summed E-state index contributed by atoms with van der Waals surface area (Å²) < 4.78 is 32.6. The molecule has 0 spiro atoms. The highest BCUT2D eigenvalue weighted by Crippen LogP contribution is 2.30. The molecule has 1 saturated carbocycles. The van der Waals surface area contributed by atoms with Crippen LogP contribution in [0.25, 0.3) is 0 Å². The Balaban J connectivity index is 2.20. The number of rotatable bonds is 5. The number of nitrogen functional groups attached to an aromatic ring is 1. The molecule has 0 heterocycles. The summed E-state index contributed by atoms with van der Waals surface area (Å²) in [5.41, 5.74) is 6.09. The fraction of sp³-hybridized carbons (Fsp3) is 0.538. The molecule has 1 aromatic rings. The second-order valence-corrected chi connectivity index (χ2v) is 7.63. The first-order chi connectivity index (χ1) is 9.47. The first kappa shape index (κ1) is 15.5. The van der Waals surface area contributed by atoms with Crippen molar-refractivity contribution >= 4 is 27.5 Å². The zero-order valence-electron chi connectivity index (χ0n) is 11.6. The number of sulfonamides is 1. The fourth-order valence-electron chi connectivity index (χ4n) is 2.49. The second-order valence-electron chi connectivity index (χ2n) is 4.84. The maximum atomic E-state index is 12.4. The van der Waals surface area contributed by atoms with Crippen LogP contribution in [-0.2, 0) is 10.0 Å². The molecule has 0 aromatic heterocycles. The number of hydrogen-bond acceptors (Lipinski definition) is 5. The molecule has 0 aliphatic heterocycles. The average molecular weight is 316 g/mol. The predicted molar refractivity (Wildman–Crippen MR) is 82.7 cm³/mol. The normalized spacial score (nSPS) is 22.9. The Morgan fingerprint density at radius 1 is 1.40 bits per heavy atom. The zero-order valence-corrected chi connectivity index (χ0v) is 13.3. The van der Waals surface area contributed by atoms with Crippen LogP contribution in [0.1, 0.15) is 19.3 Å². The standard InChI is InChI=1S/C13H20N2O3S2/c1-18-12-7-6-9(8-10(12)14)20(16,17)15-11-4-3-5-13(11)19-2/h6-8,11,13,15H,3-5,14H2,1-2H3. The number of nitrogens with two attached hydrogens (primary N) is 1. The smallest absolute Gasteiger partial charge is 0.240 e. The van der Waals surface area contributed by atoms with Gasteiger partial charge in [-0.1, -0.05) is 6.42 Å². The van der Waals surface area contributed by atoms with Crippen LogP contribution < -0.4 is 15.2 Å². The number of methoxy groups -OCH3 is 1. The monoisotopic (exact) mass is 316 g/mol. The number of hydrogen-bond donors (Lipinski definition) is 2. The molecule has 3 N–H and O–H groups in total. The third-order valence-electron chi connectivity index (χ3n) is 3.57. The maximum Gasteiger partial charge on any atom is 0.240 e. The van der Waals surface area contributed by atoms with Crippen LogP contribution in [0.4, 0.5) is 5.69 Å². The van der Waals surface area contributed by atoms with Crippen LogP contribution in [-0.4, -0.2) is 33.1 Å². The highest BCUT2D eigenvalue weighted by molar-refractivity contribution is 7.99. The minimum atomic E-state index is -3.53. The molecular weight excluding hydrogens is 296 g/mol. The quantitative estimate of drug-likeness (QED) is 0.810. The Morgan fingerprint density at radius 3 is 2.75 bits per heavy atom. The van der Waals surface area contributed by atoms with E-state index in [-0.39, 0.29) is 10.9 Å². The summed E-state index contributed by atoms with van der Waals surface area (Å²) in [5.74, 6) is 0.479. The van der Waals surface area contributed by atoms with E-state index in [9.17, 15) is 8.42 Å². The minimum absolute atomic E-state index is 0.00155. The number of ether oxygens (including phenoxy) is 1. The van der Waals surface area contributed by atoms with Crippen molar-refractivity contribution in [2.75, 3.05) is 19.1 Å². The molecule has 1 aliphatic rings. The Hall–Kier alpha value is -0.920. The molecule has 0 bridgehead atoms. The van der Waals surface area contributed by atoms with E-state index in [1.807, 2.05) is 6.26 Å². The molecule has 0 radical (unpaired) electrons. The molecule has 1 fully saturated rings. The average Bonchev–Trinajstić information content (AvgIpc) is 2.85. The third-order valence-corrected chi connectivity index (χ3v) is 6.23. The lowest BCUT2D eigenvalue weighted by Crippen LogP contribution is -2.38. The Bertz CT molecular complexity index is 575. The van der Waals surface area contributed by atoms with Gasteiger partial charge in [0.1, 0.15) is 5.75 Å². The summed E-state index contributed by atoms with van der Waals surface area (Å²) in [6, 6.07) is 4.52. The first-order valence-electron chi connectivity index (χ1n) is 6.46. The summed E-state index contributed by atoms with van der Waals surface area (Å²) in [7, 11) is -2.03. The summed E-state index contributed by atoms with van der Waals surface area (Å²) in [4.78, 5) is 0.183. The molecule has 1 aliphatic carbocycles. The van der Waals surface area contributed by atoms with E-state index in [2.05, 4.69) is 4.72 Å². The predicted octanol–water partition coefficient (Wildman–Crippen LogP) is 1.84. The van der Waals surface area contributed by atoms with Gasteiger partial charge in [-0.05, 0) is 37.3 Å². The van der Waals surface area contributed by atoms with Crippen LogP contribution in [0.2, 0.25) is 0 Å². The van der Waals surface area contributed by atoms with Crippen molar-refractivity contribution in [1.82, 2.24) is 4.72 Å². The molecule has 112 valence electrons. The molecule has 2 rings (SSSR count). The molecule has 0 amide bonds. The number of anilines is 1. The van der Waals surface area contributed by atoms with Crippen molar-refractivity contribution in [3.8, 4) is 5.75 Å². The van der Waals surface area contributed by atoms with Gasteiger partial charge in [0, 0.05) is 11.3 Å². The van der Waals surface area contributed by atoms with E-state index in [0.29, 0.717) is 16.7 Å². The molecule has 7 heteroatoms. The van der Waals surface area contributed by atoms with E-state index in [4.69, 9.17) is 10.5 Å². The Morgan fingerprint density at radius 2 is 2.15 bits per heavy atom. The van der Waals surface area contributed by atoms with Gasteiger partial charge in [-0.3, -0.25) is 0 Å². The van der Waals surface area contributed by atoms with Crippen LogP contribution >= 0.6 is 11.8 Å². The Kier molecular flexibility index (Phi) is 4.82. The van der Waals surface area contributed by atoms with Crippen LogP contribution in [0.15, 0.2) is 23.1 Å². The zero-order chi connectivity index (χ0) is 14.8. The minimum Gasteiger partial charge on any atom is -0.495 e. The highest BCUT2D eigenvalue weighted by atomic mass is 32.2. The van der Waals surface area contributed by atoms with Crippen molar-refractivity contribution in [3.05, 3.63) is 18.2 Å². The topological polar surface area (TPSA) is 81.4 Å². The van der Waals surface area contributed by atoms with Crippen molar-refractivity contribution in [1.29, 1.82) is 0 Å². The molecule has 2 atom stereocenters. The van der Waals surface area contributed by atoms with Gasteiger partial charge in [-0.25, -0.2) is 13.1 Å². The first-order valence-corrected chi connectivity index (χ1v) is 9.23. The second kappa shape index (κ2) is 6.24. The number of nitrogens with one attached hydrogen (secondary N) is 1. The summed E-state index contributed by atoms with van der Waals surface area (Å²) in [6.07, 6.45) is 5.02. The number of thioether (sulfide) groups is 1. The molecule has 0 saturated heterocycles. The third kappa shape index (κ3) is 3.21. The summed E-state index contributed by atoms with van der Waals surface area (Å²) in [5, 5.41) is 0.348. The molecule has 1 aromatic carbocycles. The highest BCUT2D eigenvalue weighted by Gasteiger charge is 2.30. The van der Waals surface area contributed by atoms with Gasteiger partial charge in [0.2, 0.25) is 10.0 Å². The van der Waals surface area contributed by atoms with Crippen molar-refractivity contribution in [3.63, 3.8) is 0 Å². The lowest BCUT2D eigenvalue weighted by atomic mass is 10.3. The molecule has 2 unspecified atom stereocenters. The van der Waals surface area contributed by atoms with Crippen LogP contribution in [0, 0.1) is 0 Å². The van der Waals surface area contributed by atoms with E-state index < -0.39 is 10.0 Å². The van der Waals surface area contributed by atoms with Gasteiger partial charge in [0.15, 0.2) is 0 Å². The van der Waals surface area contributed by atoms with Crippen LogP contribution in [0.3, 0.4) is 0 Å². The molecule has 20 heavy (non-hydrogen) atoms. The summed E-state index contributed by atoms with van der Waals surface area (Å²) >= 11 is 1.71. The van der Waals surface area contributed by atoms with Gasteiger partial charge in [0.25, 0.3) is 0 Å². The van der Waals surface area contributed by atoms with Crippen LogP contribution in [0.5, 0.6) is 5.75 Å². The largest absolute Gasteiger partial charge is 0.495 e. The molecular formula is C13H20N2O3S2. The summed E-state index contributed by atoms with van der Waals surface area (Å²) in [6.45, 7) is 0. The van der Waals surface area contributed by atoms with Gasteiger partial charge in [-0.2, -0.15) is 11.8 Å². The van der Waals surface area contributed by atoms with Crippen molar-refractivity contribution < 1.29 is 13.2 Å². The van der Waals surface area contributed by atoms with E-state index in [0.717, 1.165) is 19.3 Å². The van der Waals surface area contributed by atoms with Gasteiger partial charge in [0.05, 0.1) is 17.7 Å². The van der Waals surface area contributed by atoms with Gasteiger partial charge in [-0.15, -0.1) is 0 Å². The Labute approximate surface area is 124 Å². The number of benzene rings is 1. The van der Waals surface area contributed by atoms with E-state index >= 15 is 0 Å².